The minimum Gasteiger partial charge on any atom is -0.391 e. The topological polar surface area (TPSA) is 70.6 Å². The molecule has 0 aromatic rings. The predicted octanol–water partition coefficient (Wildman–Crippen LogP) is -1.14. The average molecular weight is 214 g/mol. The first kappa shape index (κ1) is 10.9. The molecule has 3 N–H and O–H groups in total. The van der Waals surface area contributed by atoms with Crippen LogP contribution in [0.2, 0.25) is 0 Å². The molecule has 2 rings (SSSR count). The third-order valence-corrected chi connectivity index (χ3v) is 3.06. The number of amides is 1. The highest BCUT2D eigenvalue weighted by Gasteiger charge is 2.28. The number of nitrogens with one attached hydrogen (secondary N) is 2. The predicted molar refractivity (Wildman–Crippen MR) is 54.4 cm³/mol. The zero-order valence-corrected chi connectivity index (χ0v) is 8.74. The standard InChI is InChI=1S/C10H18N2O3/c13-8-6-11-4-7(8)5-12-10(14)9-2-1-3-15-9/h7-9,11,13H,1-6H2,(H,12,14). The summed E-state index contributed by atoms with van der Waals surface area (Å²) in [6, 6.07) is 0. The molecule has 5 nitrogen and oxygen atoms in total. The lowest BCUT2D eigenvalue weighted by molar-refractivity contribution is -0.130. The Morgan fingerprint density at radius 3 is 3.00 bits per heavy atom. The van der Waals surface area contributed by atoms with Gasteiger partial charge in [0.05, 0.1) is 6.10 Å². The normalized spacial score (nSPS) is 35.7. The van der Waals surface area contributed by atoms with Crippen molar-refractivity contribution < 1.29 is 14.6 Å². The summed E-state index contributed by atoms with van der Waals surface area (Å²) in [6.07, 6.45) is 1.18. The van der Waals surface area contributed by atoms with E-state index in [4.69, 9.17) is 4.74 Å². The molecule has 0 aliphatic carbocycles. The van der Waals surface area contributed by atoms with Crippen LogP contribution >= 0.6 is 0 Å². The molecular weight excluding hydrogens is 196 g/mol. The molecule has 86 valence electrons. The van der Waals surface area contributed by atoms with Crippen molar-refractivity contribution in [1.29, 1.82) is 0 Å². The van der Waals surface area contributed by atoms with E-state index in [1.54, 1.807) is 0 Å². The van der Waals surface area contributed by atoms with E-state index in [1.807, 2.05) is 0 Å². The van der Waals surface area contributed by atoms with Crippen LogP contribution in [0.1, 0.15) is 12.8 Å². The van der Waals surface area contributed by atoms with E-state index in [9.17, 15) is 9.90 Å². The van der Waals surface area contributed by atoms with Crippen LogP contribution in [0.15, 0.2) is 0 Å². The third kappa shape index (κ3) is 2.68. The summed E-state index contributed by atoms with van der Waals surface area (Å²) >= 11 is 0. The molecule has 0 aromatic heterocycles. The highest BCUT2D eigenvalue weighted by Crippen LogP contribution is 2.12. The zero-order chi connectivity index (χ0) is 10.7. The van der Waals surface area contributed by atoms with Crippen LogP contribution in [-0.2, 0) is 9.53 Å². The van der Waals surface area contributed by atoms with Crippen LogP contribution in [0.3, 0.4) is 0 Å². The Bertz CT molecular complexity index is 229. The van der Waals surface area contributed by atoms with Gasteiger partial charge in [0.15, 0.2) is 0 Å². The molecule has 2 aliphatic rings. The van der Waals surface area contributed by atoms with E-state index >= 15 is 0 Å². The smallest absolute Gasteiger partial charge is 0.249 e. The van der Waals surface area contributed by atoms with Crippen LogP contribution < -0.4 is 10.6 Å². The van der Waals surface area contributed by atoms with Crippen molar-refractivity contribution in [2.24, 2.45) is 5.92 Å². The summed E-state index contributed by atoms with van der Waals surface area (Å²) < 4.78 is 5.27. The number of carbonyl (C=O) groups is 1. The SMILES string of the molecule is O=C(NCC1CNCC1O)C1CCCO1. The molecule has 2 heterocycles. The Balaban J connectivity index is 1.70. The maximum absolute atomic E-state index is 11.6. The Morgan fingerprint density at radius 1 is 1.53 bits per heavy atom. The van der Waals surface area contributed by atoms with Crippen molar-refractivity contribution >= 4 is 5.91 Å². The summed E-state index contributed by atoms with van der Waals surface area (Å²) in [5.74, 6) is 0.0990. The van der Waals surface area contributed by atoms with Gasteiger partial charge in [-0.05, 0) is 12.8 Å². The van der Waals surface area contributed by atoms with Crippen molar-refractivity contribution in [2.75, 3.05) is 26.2 Å². The molecule has 15 heavy (non-hydrogen) atoms. The maximum Gasteiger partial charge on any atom is 0.249 e. The van der Waals surface area contributed by atoms with Gasteiger partial charge in [-0.3, -0.25) is 4.79 Å². The molecule has 2 saturated heterocycles. The van der Waals surface area contributed by atoms with Gasteiger partial charge < -0.3 is 20.5 Å². The lowest BCUT2D eigenvalue weighted by Crippen LogP contribution is -2.39. The largest absolute Gasteiger partial charge is 0.391 e. The van der Waals surface area contributed by atoms with Gasteiger partial charge in [-0.1, -0.05) is 0 Å². The molecule has 0 radical (unpaired) electrons. The van der Waals surface area contributed by atoms with Crippen molar-refractivity contribution in [3.8, 4) is 0 Å². The van der Waals surface area contributed by atoms with E-state index in [2.05, 4.69) is 10.6 Å². The molecular formula is C10H18N2O3. The molecule has 2 fully saturated rings. The van der Waals surface area contributed by atoms with Crippen molar-refractivity contribution in [1.82, 2.24) is 10.6 Å². The molecule has 5 heteroatoms. The molecule has 0 aromatic carbocycles. The fourth-order valence-electron chi connectivity index (χ4n) is 2.06. The number of rotatable bonds is 3. The van der Waals surface area contributed by atoms with E-state index in [-0.39, 0.29) is 24.0 Å². The van der Waals surface area contributed by atoms with E-state index in [1.165, 1.54) is 0 Å². The second-order valence-electron chi connectivity index (χ2n) is 4.23. The van der Waals surface area contributed by atoms with Gasteiger partial charge in [-0.15, -0.1) is 0 Å². The number of aliphatic hydroxyl groups excluding tert-OH is 1. The lowest BCUT2D eigenvalue weighted by Gasteiger charge is -2.16. The van der Waals surface area contributed by atoms with E-state index < -0.39 is 0 Å². The zero-order valence-electron chi connectivity index (χ0n) is 8.74. The summed E-state index contributed by atoms with van der Waals surface area (Å²) in [4.78, 5) is 11.6. The highest BCUT2D eigenvalue weighted by atomic mass is 16.5. The molecule has 2 aliphatic heterocycles. The molecule has 3 atom stereocenters. The molecule has 0 saturated carbocycles. The number of hydrogen-bond acceptors (Lipinski definition) is 4. The summed E-state index contributed by atoms with van der Waals surface area (Å²) in [6.45, 7) is 2.62. The van der Waals surface area contributed by atoms with Gasteiger partial charge >= 0.3 is 0 Å². The lowest BCUT2D eigenvalue weighted by atomic mass is 10.1. The number of ether oxygens (including phenoxy) is 1. The second-order valence-corrected chi connectivity index (χ2v) is 4.23. The average Bonchev–Trinajstić information content (AvgIpc) is 2.85. The van der Waals surface area contributed by atoms with Gasteiger partial charge in [0.1, 0.15) is 6.10 Å². The second kappa shape index (κ2) is 4.92. The fourth-order valence-corrected chi connectivity index (χ4v) is 2.06. The van der Waals surface area contributed by atoms with Gasteiger partial charge in [0, 0.05) is 32.2 Å². The Kier molecular flexibility index (Phi) is 3.56. The first-order chi connectivity index (χ1) is 7.27. The molecule has 0 bridgehead atoms. The van der Waals surface area contributed by atoms with Gasteiger partial charge in [0.2, 0.25) is 5.91 Å². The quantitative estimate of drug-likeness (QED) is 0.555. The van der Waals surface area contributed by atoms with Crippen LogP contribution in [0.4, 0.5) is 0 Å². The number of carbonyl (C=O) groups excluding carboxylic acids is 1. The molecule has 3 unspecified atom stereocenters. The van der Waals surface area contributed by atoms with Gasteiger partial charge in [-0.2, -0.15) is 0 Å². The van der Waals surface area contributed by atoms with Gasteiger partial charge in [-0.25, -0.2) is 0 Å². The highest BCUT2D eigenvalue weighted by molar-refractivity contribution is 5.80. The van der Waals surface area contributed by atoms with Crippen LogP contribution in [-0.4, -0.2) is 49.5 Å². The van der Waals surface area contributed by atoms with Crippen molar-refractivity contribution in [3.63, 3.8) is 0 Å². The van der Waals surface area contributed by atoms with Crippen LogP contribution in [0.5, 0.6) is 0 Å². The third-order valence-electron chi connectivity index (χ3n) is 3.06. The Labute approximate surface area is 89.2 Å². The van der Waals surface area contributed by atoms with Crippen LogP contribution in [0, 0.1) is 5.92 Å². The van der Waals surface area contributed by atoms with E-state index in [0.29, 0.717) is 19.7 Å². The molecule has 0 spiro atoms. The number of aliphatic hydroxyl groups is 1. The van der Waals surface area contributed by atoms with Crippen LogP contribution in [0.25, 0.3) is 0 Å². The van der Waals surface area contributed by atoms with Gasteiger partial charge in [0.25, 0.3) is 0 Å². The molecule has 1 amide bonds. The van der Waals surface area contributed by atoms with Crippen molar-refractivity contribution in [3.05, 3.63) is 0 Å². The number of β-amino-alcohol motifs (C(OH)–C–C–N with tert-alkyl or cyclic N) is 1. The summed E-state index contributed by atoms with van der Waals surface area (Å²) in [7, 11) is 0. The monoisotopic (exact) mass is 214 g/mol. The fraction of sp³-hybridized carbons (Fsp3) is 0.900. The van der Waals surface area contributed by atoms with Crippen molar-refractivity contribution in [2.45, 2.75) is 25.0 Å². The number of hydrogen-bond donors (Lipinski definition) is 3. The Hall–Kier alpha value is -0.650. The summed E-state index contributed by atoms with van der Waals surface area (Å²) in [5.41, 5.74) is 0. The first-order valence-electron chi connectivity index (χ1n) is 5.55. The Morgan fingerprint density at radius 2 is 2.40 bits per heavy atom. The van der Waals surface area contributed by atoms with E-state index in [0.717, 1.165) is 19.4 Å². The maximum atomic E-state index is 11.6. The first-order valence-corrected chi connectivity index (χ1v) is 5.55. The summed E-state index contributed by atoms with van der Waals surface area (Å²) in [5, 5.41) is 15.4. The minimum atomic E-state index is -0.338. The minimum absolute atomic E-state index is 0.0356.